The van der Waals surface area contributed by atoms with Gasteiger partial charge in [-0.3, -0.25) is 9.59 Å². The van der Waals surface area contributed by atoms with E-state index in [4.69, 9.17) is 4.74 Å². The molecule has 7 heteroatoms. The van der Waals surface area contributed by atoms with Gasteiger partial charge in [0.2, 0.25) is 5.91 Å². The first kappa shape index (κ1) is 20.0. The van der Waals surface area contributed by atoms with Crippen LogP contribution in [0.1, 0.15) is 37.6 Å². The van der Waals surface area contributed by atoms with Crippen LogP contribution in [0, 0.1) is 17.6 Å². The highest BCUT2D eigenvalue weighted by Crippen LogP contribution is 2.13. The Bertz CT molecular complexity index is 545. The minimum atomic E-state index is -0.966. The highest BCUT2D eigenvalue weighted by atomic mass is 19.1. The molecule has 0 unspecified atom stereocenters. The van der Waals surface area contributed by atoms with Gasteiger partial charge in [-0.15, -0.1) is 0 Å². The summed E-state index contributed by atoms with van der Waals surface area (Å²) in [7, 11) is 0. The number of hydrogen-bond acceptors (Lipinski definition) is 3. The molecule has 1 rings (SSSR count). The molecule has 0 aliphatic carbocycles. The molecule has 2 N–H and O–H groups in total. The number of amides is 2. The third kappa shape index (κ3) is 5.88. The summed E-state index contributed by atoms with van der Waals surface area (Å²) in [5.74, 6) is -3.52. The van der Waals surface area contributed by atoms with Crippen molar-refractivity contribution in [2.75, 3.05) is 19.8 Å². The van der Waals surface area contributed by atoms with E-state index in [9.17, 15) is 18.4 Å². The summed E-state index contributed by atoms with van der Waals surface area (Å²) in [5.41, 5.74) is -0.688. The molecule has 0 saturated heterocycles. The van der Waals surface area contributed by atoms with E-state index in [-0.39, 0.29) is 5.92 Å². The van der Waals surface area contributed by atoms with Gasteiger partial charge in [0.05, 0.1) is 0 Å². The van der Waals surface area contributed by atoms with Crippen molar-refractivity contribution in [3.63, 3.8) is 0 Å². The van der Waals surface area contributed by atoms with Crippen molar-refractivity contribution in [2.45, 2.75) is 33.2 Å². The van der Waals surface area contributed by atoms with Crippen LogP contribution in [0.4, 0.5) is 8.78 Å². The lowest BCUT2D eigenvalue weighted by Gasteiger charge is -2.22. The van der Waals surface area contributed by atoms with Crippen LogP contribution in [0.15, 0.2) is 18.2 Å². The lowest BCUT2D eigenvalue weighted by Crippen LogP contribution is -2.50. The molecule has 0 heterocycles. The predicted octanol–water partition coefficient (Wildman–Crippen LogP) is 2.26. The minimum absolute atomic E-state index is 0.240. The summed E-state index contributed by atoms with van der Waals surface area (Å²) in [6, 6.07) is 2.28. The molecule has 0 aliphatic rings. The normalized spacial score (nSPS) is 12.1. The minimum Gasteiger partial charge on any atom is -0.382 e. The topological polar surface area (TPSA) is 67.4 Å². The number of nitrogens with one attached hydrogen (secondary N) is 2. The maximum Gasteiger partial charge on any atom is 0.257 e. The monoisotopic (exact) mass is 342 g/mol. The van der Waals surface area contributed by atoms with E-state index in [0.29, 0.717) is 26.2 Å². The van der Waals surface area contributed by atoms with E-state index in [1.165, 1.54) is 6.07 Å². The molecular weight excluding hydrogens is 318 g/mol. The van der Waals surface area contributed by atoms with Crippen LogP contribution in [-0.2, 0) is 9.53 Å². The number of rotatable bonds is 9. The third-order valence-corrected chi connectivity index (χ3v) is 3.39. The van der Waals surface area contributed by atoms with Gasteiger partial charge in [-0.1, -0.05) is 19.9 Å². The highest BCUT2D eigenvalue weighted by Gasteiger charge is 2.26. The number of hydrogen-bond donors (Lipinski definition) is 2. The van der Waals surface area contributed by atoms with Crippen molar-refractivity contribution in [1.82, 2.24) is 10.6 Å². The molecule has 134 valence electrons. The van der Waals surface area contributed by atoms with Crippen LogP contribution < -0.4 is 10.6 Å². The number of carbonyl (C=O) groups is 2. The smallest absolute Gasteiger partial charge is 0.257 e. The van der Waals surface area contributed by atoms with Gasteiger partial charge in [0.15, 0.2) is 0 Å². The molecule has 0 saturated carbocycles. The van der Waals surface area contributed by atoms with Crippen LogP contribution in [0.2, 0.25) is 0 Å². The van der Waals surface area contributed by atoms with E-state index < -0.39 is 35.1 Å². The van der Waals surface area contributed by atoms with E-state index in [2.05, 4.69) is 10.6 Å². The number of carbonyl (C=O) groups excluding carboxylic acids is 2. The molecule has 1 atom stereocenters. The zero-order valence-corrected chi connectivity index (χ0v) is 14.2. The number of ether oxygens (including phenoxy) is 1. The Morgan fingerprint density at radius 2 is 1.83 bits per heavy atom. The molecule has 0 radical (unpaired) electrons. The van der Waals surface area contributed by atoms with Gasteiger partial charge < -0.3 is 15.4 Å². The Hall–Kier alpha value is -2.02. The summed E-state index contributed by atoms with van der Waals surface area (Å²) >= 11 is 0. The number of benzene rings is 1. The summed E-state index contributed by atoms with van der Waals surface area (Å²) in [6.45, 7) is 6.88. The Balaban J connectivity index is 2.68. The predicted molar refractivity (Wildman–Crippen MR) is 86.6 cm³/mol. The molecule has 1 aromatic rings. The average molecular weight is 342 g/mol. The Labute approximate surface area is 140 Å². The summed E-state index contributed by atoms with van der Waals surface area (Å²) < 4.78 is 32.5. The first-order valence-electron chi connectivity index (χ1n) is 7.98. The molecule has 2 amide bonds. The van der Waals surface area contributed by atoms with Crippen molar-refractivity contribution in [3.05, 3.63) is 35.4 Å². The fraction of sp³-hybridized carbons (Fsp3) is 0.529. The lowest BCUT2D eigenvalue weighted by molar-refractivity contribution is -0.124. The van der Waals surface area contributed by atoms with Crippen molar-refractivity contribution >= 4 is 11.8 Å². The lowest BCUT2D eigenvalue weighted by atomic mass is 10.0. The molecule has 0 fully saturated rings. The molecule has 1 aromatic carbocycles. The maximum atomic E-state index is 13.7. The fourth-order valence-electron chi connectivity index (χ4n) is 2.10. The standard InChI is InChI=1S/C17H24F2N2O3/c1-4-24-10-6-9-20-17(23)15(11(2)3)21-16(22)14-12(18)7-5-8-13(14)19/h5,7-8,11,15H,4,6,9-10H2,1-3H3,(H,20,23)(H,21,22)/t15-/m0/s1. The summed E-state index contributed by atoms with van der Waals surface area (Å²) in [4.78, 5) is 24.3. The summed E-state index contributed by atoms with van der Waals surface area (Å²) in [5, 5.41) is 5.09. The second-order valence-corrected chi connectivity index (χ2v) is 5.63. The van der Waals surface area contributed by atoms with Crippen LogP contribution >= 0.6 is 0 Å². The SMILES string of the molecule is CCOCCCNC(=O)[C@@H](NC(=O)c1c(F)cccc1F)C(C)C. The zero-order valence-electron chi connectivity index (χ0n) is 14.2. The van der Waals surface area contributed by atoms with Gasteiger partial charge in [-0.2, -0.15) is 0 Å². The van der Waals surface area contributed by atoms with E-state index in [1.54, 1.807) is 13.8 Å². The van der Waals surface area contributed by atoms with Gasteiger partial charge in [-0.25, -0.2) is 8.78 Å². The summed E-state index contributed by atoms with van der Waals surface area (Å²) in [6.07, 6.45) is 0.639. The first-order chi connectivity index (χ1) is 11.4. The van der Waals surface area contributed by atoms with E-state index in [1.807, 2.05) is 6.92 Å². The molecular formula is C17H24F2N2O3. The second kappa shape index (κ2) is 9.97. The maximum absolute atomic E-state index is 13.7. The average Bonchev–Trinajstić information content (AvgIpc) is 2.51. The molecule has 0 aliphatic heterocycles. The first-order valence-corrected chi connectivity index (χ1v) is 7.98. The Morgan fingerprint density at radius 3 is 2.38 bits per heavy atom. The Morgan fingerprint density at radius 1 is 1.21 bits per heavy atom. The molecule has 0 spiro atoms. The van der Waals surface area contributed by atoms with E-state index >= 15 is 0 Å². The Kier molecular flexibility index (Phi) is 8.32. The second-order valence-electron chi connectivity index (χ2n) is 5.63. The van der Waals surface area contributed by atoms with Gasteiger partial charge in [-0.05, 0) is 31.4 Å². The van der Waals surface area contributed by atoms with Crippen LogP contribution in [0.5, 0.6) is 0 Å². The van der Waals surface area contributed by atoms with Crippen molar-refractivity contribution in [2.24, 2.45) is 5.92 Å². The highest BCUT2D eigenvalue weighted by molar-refractivity contribution is 5.98. The third-order valence-electron chi connectivity index (χ3n) is 3.39. The van der Waals surface area contributed by atoms with Gasteiger partial charge in [0.1, 0.15) is 23.2 Å². The molecule has 24 heavy (non-hydrogen) atoms. The van der Waals surface area contributed by atoms with E-state index in [0.717, 1.165) is 12.1 Å². The van der Waals surface area contributed by atoms with Crippen LogP contribution in [0.3, 0.4) is 0 Å². The van der Waals surface area contributed by atoms with Gasteiger partial charge in [0.25, 0.3) is 5.91 Å². The number of halogens is 2. The van der Waals surface area contributed by atoms with Gasteiger partial charge >= 0.3 is 0 Å². The quantitative estimate of drug-likeness (QED) is 0.677. The molecule has 0 bridgehead atoms. The van der Waals surface area contributed by atoms with Crippen LogP contribution in [-0.4, -0.2) is 37.6 Å². The zero-order chi connectivity index (χ0) is 18.1. The molecule has 5 nitrogen and oxygen atoms in total. The van der Waals surface area contributed by atoms with Crippen molar-refractivity contribution in [1.29, 1.82) is 0 Å². The van der Waals surface area contributed by atoms with Gasteiger partial charge in [0, 0.05) is 19.8 Å². The van der Waals surface area contributed by atoms with Crippen LogP contribution in [0.25, 0.3) is 0 Å². The van der Waals surface area contributed by atoms with Crippen molar-refractivity contribution < 1.29 is 23.1 Å². The largest absolute Gasteiger partial charge is 0.382 e. The van der Waals surface area contributed by atoms with Crippen molar-refractivity contribution in [3.8, 4) is 0 Å². The fourth-order valence-corrected chi connectivity index (χ4v) is 2.10. The molecule has 0 aromatic heterocycles.